The van der Waals surface area contributed by atoms with Crippen molar-refractivity contribution in [2.24, 2.45) is 0 Å². The quantitative estimate of drug-likeness (QED) is 0.547. The Morgan fingerprint density at radius 2 is 1.93 bits per heavy atom. The molecule has 0 bridgehead atoms. The zero-order chi connectivity index (χ0) is 21.1. The average Bonchev–Trinajstić information content (AvgIpc) is 3.10. The molecule has 5 nitrogen and oxygen atoms in total. The first-order valence-corrected chi connectivity index (χ1v) is 10.5. The first-order valence-electron chi connectivity index (χ1n) is 10.2. The summed E-state index contributed by atoms with van der Waals surface area (Å²) in [6, 6.07) is 13.1. The molecular formula is C24H24ClNO4. The van der Waals surface area contributed by atoms with Gasteiger partial charge in [0, 0.05) is 28.1 Å². The van der Waals surface area contributed by atoms with Gasteiger partial charge in [-0.15, -0.1) is 0 Å². The number of aliphatic carboxylic acids is 1. The zero-order valence-corrected chi connectivity index (χ0v) is 17.4. The Morgan fingerprint density at radius 1 is 1.17 bits per heavy atom. The molecule has 30 heavy (non-hydrogen) atoms. The molecule has 2 heterocycles. The molecule has 0 radical (unpaired) electrons. The molecule has 0 unspecified atom stereocenters. The molecule has 1 N–H and O–H groups in total. The number of fused-ring (bicyclic) bond motifs is 2. The fraction of sp³-hybridized carbons (Fsp3) is 0.333. The second-order valence-corrected chi connectivity index (χ2v) is 8.39. The number of halogens is 1. The summed E-state index contributed by atoms with van der Waals surface area (Å²) in [6.45, 7) is 2.92. The molecule has 2 aromatic rings. The van der Waals surface area contributed by atoms with Crippen LogP contribution in [0, 0.1) is 0 Å². The Labute approximate surface area is 180 Å². The molecule has 2 aliphatic rings. The van der Waals surface area contributed by atoms with Gasteiger partial charge in [-0.2, -0.15) is 0 Å². The summed E-state index contributed by atoms with van der Waals surface area (Å²) in [5.41, 5.74) is 2.52. The molecular weight excluding hydrogens is 402 g/mol. The lowest BCUT2D eigenvalue weighted by atomic mass is 9.74. The van der Waals surface area contributed by atoms with Crippen LogP contribution in [0.2, 0.25) is 5.02 Å². The summed E-state index contributed by atoms with van der Waals surface area (Å²) in [5.74, 6) is -0.0673. The first-order chi connectivity index (χ1) is 14.5. The van der Waals surface area contributed by atoms with E-state index >= 15 is 0 Å². The molecule has 2 aliphatic heterocycles. The number of likely N-dealkylation sites (tertiary alicyclic amines) is 1. The minimum absolute atomic E-state index is 0.0377. The summed E-state index contributed by atoms with van der Waals surface area (Å²) in [4.78, 5) is 25.6. The highest BCUT2D eigenvalue weighted by atomic mass is 35.5. The van der Waals surface area contributed by atoms with Crippen molar-refractivity contribution >= 4 is 29.4 Å². The normalized spacial score (nSPS) is 17.8. The number of ether oxygens (including phenoxy) is 1. The van der Waals surface area contributed by atoms with Gasteiger partial charge in [0.05, 0.1) is 13.0 Å². The lowest BCUT2D eigenvalue weighted by molar-refractivity contribution is -0.137. The average molecular weight is 426 g/mol. The van der Waals surface area contributed by atoms with Crippen molar-refractivity contribution < 1.29 is 19.4 Å². The summed E-state index contributed by atoms with van der Waals surface area (Å²) in [6.07, 6.45) is 5.30. The second-order valence-electron chi connectivity index (χ2n) is 7.98. The highest BCUT2D eigenvalue weighted by Gasteiger charge is 2.43. The van der Waals surface area contributed by atoms with Crippen molar-refractivity contribution in [3.8, 4) is 5.75 Å². The van der Waals surface area contributed by atoms with Gasteiger partial charge in [0.2, 0.25) is 0 Å². The number of benzene rings is 2. The van der Waals surface area contributed by atoms with E-state index in [4.69, 9.17) is 21.4 Å². The van der Waals surface area contributed by atoms with Crippen LogP contribution in [0.15, 0.2) is 48.5 Å². The number of carbonyl (C=O) groups excluding carboxylic acids is 1. The maximum absolute atomic E-state index is 12.6. The molecule has 6 heteroatoms. The highest BCUT2D eigenvalue weighted by Crippen LogP contribution is 2.45. The third-order valence-electron chi connectivity index (χ3n) is 6.12. The highest BCUT2D eigenvalue weighted by molar-refractivity contribution is 6.32. The number of allylic oxidation sites excluding steroid dienone is 1. The van der Waals surface area contributed by atoms with E-state index in [9.17, 15) is 9.59 Å². The Morgan fingerprint density at radius 3 is 2.67 bits per heavy atom. The summed E-state index contributed by atoms with van der Waals surface area (Å²) < 4.78 is 5.99. The molecule has 2 aromatic carbocycles. The molecule has 1 saturated heterocycles. The topological polar surface area (TPSA) is 66.8 Å². The van der Waals surface area contributed by atoms with Crippen molar-refractivity contribution in [2.75, 3.05) is 26.2 Å². The molecule has 0 atom stereocenters. The van der Waals surface area contributed by atoms with Gasteiger partial charge in [-0.25, -0.2) is 0 Å². The van der Waals surface area contributed by atoms with Crippen LogP contribution in [0.3, 0.4) is 0 Å². The molecule has 0 saturated carbocycles. The van der Waals surface area contributed by atoms with Crippen molar-refractivity contribution in [2.45, 2.75) is 24.7 Å². The molecule has 1 fully saturated rings. The van der Waals surface area contributed by atoms with Crippen molar-refractivity contribution in [1.29, 1.82) is 0 Å². The zero-order valence-electron chi connectivity index (χ0n) is 16.6. The summed E-state index contributed by atoms with van der Waals surface area (Å²) in [5, 5.41) is 9.49. The predicted octanol–water partition coefficient (Wildman–Crippen LogP) is 4.44. The SMILES string of the molecule is O=C(O)CCN1CCC2(CC1)COc1cc(C(=O)/C=C/c3ccccc3Cl)ccc12. The predicted molar refractivity (Wildman–Crippen MR) is 116 cm³/mol. The lowest BCUT2D eigenvalue weighted by Crippen LogP contribution is -2.44. The van der Waals surface area contributed by atoms with Crippen LogP contribution in [0.5, 0.6) is 5.75 Å². The molecule has 4 rings (SSSR count). The van der Waals surface area contributed by atoms with Crippen LogP contribution in [0.25, 0.3) is 6.08 Å². The fourth-order valence-electron chi connectivity index (χ4n) is 4.27. The third-order valence-corrected chi connectivity index (χ3v) is 6.46. The van der Waals surface area contributed by atoms with E-state index in [1.807, 2.05) is 36.4 Å². The number of hydrogen-bond donors (Lipinski definition) is 1. The van der Waals surface area contributed by atoms with Crippen LogP contribution < -0.4 is 4.74 Å². The Balaban J connectivity index is 1.45. The van der Waals surface area contributed by atoms with Gasteiger partial charge < -0.3 is 14.7 Å². The van der Waals surface area contributed by atoms with Crippen molar-refractivity contribution in [1.82, 2.24) is 4.90 Å². The van der Waals surface area contributed by atoms with E-state index in [2.05, 4.69) is 4.90 Å². The fourth-order valence-corrected chi connectivity index (χ4v) is 4.47. The van der Waals surface area contributed by atoms with Gasteiger partial charge in [-0.3, -0.25) is 9.59 Å². The van der Waals surface area contributed by atoms with Crippen LogP contribution in [-0.4, -0.2) is 48.0 Å². The number of carbonyl (C=O) groups is 2. The Kier molecular flexibility index (Phi) is 5.93. The van der Waals surface area contributed by atoms with Crippen molar-refractivity contribution in [3.05, 3.63) is 70.3 Å². The standard InChI is InChI=1S/C24H24ClNO4/c25-20-4-2-1-3-17(20)6-8-21(27)18-5-7-19-22(15-18)30-16-24(19)10-13-26(14-11-24)12-9-23(28)29/h1-8,15H,9-14,16H2,(H,28,29)/b8-6+. The third kappa shape index (κ3) is 4.27. The van der Waals surface area contributed by atoms with E-state index in [1.165, 1.54) is 6.08 Å². The van der Waals surface area contributed by atoms with Gasteiger partial charge in [0.1, 0.15) is 5.75 Å². The molecule has 156 valence electrons. The number of hydrogen-bond acceptors (Lipinski definition) is 4. The number of carboxylic acids is 1. The van der Waals surface area contributed by atoms with Crippen LogP contribution in [-0.2, 0) is 10.2 Å². The first kappa shape index (κ1) is 20.6. The minimum atomic E-state index is -0.759. The van der Waals surface area contributed by atoms with E-state index in [0.717, 1.165) is 42.8 Å². The number of piperidine rings is 1. The molecule has 1 spiro atoms. The summed E-state index contributed by atoms with van der Waals surface area (Å²) >= 11 is 6.14. The van der Waals surface area contributed by atoms with Crippen LogP contribution >= 0.6 is 11.6 Å². The van der Waals surface area contributed by atoms with Gasteiger partial charge in [0.15, 0.2) is 5.78 Å². The van der Waals surface area contributed by atoms with E-state index < -0.39 is 5.97 Å². The van der Waals surface area contributed by atoms with Crippen LogP contribution in [0.4, 0.5) is 0 Å². The number of ketones is 1. The van der Waals surface area contributed by atoms with Crippen molar-refractivity contribution in [3.63, 3.8) is 0 Å². The Hall–Kier alpha value is -2.63. The molecule has 0 aliphatic carbocycles. The van der Waals surface area contributed by atoms with Gasteiger partial charge in [-0.1, -0.05) is 41.9 Å². The summed E-state index contributed by atoms with van der Waals surface area (Å²) in [7, 11) is 0. The smallest absolute Gasteiger partial charge is 0.304 e. The maximum atomic E-state index is 12.6. The Bertz CT molecular complexity index is 992. The number of carboxylic acid groups (broad SMARTS) is 1. The van der Waals surface area contributed by atoms with E-state index in [1.54, 1.807) is 12.1 Å². The van der Waals surface area contributed by atoms with Gasteiger partial charge in [-0.05, 0) is 55.8 Å². The second kappa shape index (κ2) is 8.62. The number of nitrogens with zero attached hydrogens (tertiary/aromatic N) is 1. The number of rotatable bonds is 6. The maximum Gasteiger partial charge on any atom is 0.304 e. The molecule has 0 amide bonds. The van der Waals surface area contributed by atoms with E-state index in [-0.39, 0.29) is 17.6 Å². The van der Waals surface area contributed by atoms with Crippen LogP contribution in [0.1, 0.15) is 40.7 Å². The van der Waals surface area contributed by atoms with Gasteiger partial charge in [0.25, 0.3) is 0 Å². The largest absolute Gasteiger partial charge is 0.492 e. The van der Waals surface area contributed by atoms with Gasteiger partial charge >= 0.3 is 5.97 Å². The lowest BCUT2D eigenvalue weighted by Gasteiger charge is -2.38. The monoisotopic (exact) mass is 425 g/mol. The minimum Gasteiger partial charge on any atom is -0.492 e. The molecule has 0 aromatic heterocycles. The van der Waals surface area contributed by atoms with E-state index in [0.29, 0.717) is 23.7 Å².